The molecule has 0 aliphatic carbocycles. The number of benzene rings is 1. The fourth-order valence-electron chi connectivity index (χ4n) is 2.86. The van der Waals surface area contributed by atoms with Crippen molar-refractivity contribution in [3.8, 4) is 0 Å². The van der Waals surface area contributed by atoms with Gasteiger partial charge in [0, 0.05) is 20.8 Å². The summed E-state index contributed by atoms with van der Waals surface area (Å²) in [6.45, 7) is 5.53. The molecule has 1 aliphatic heterocycles. The second-order valence-electron chi connectivity index (χ2n) is 6.23. The van der Waals surface area contributed by atoms with Crippen molar-refractivity contribution in [3.63, 3.8) is 0 Å². The molecule has 0 aromatic heterocycles. The molecule has 1 heterocycles. The first-order valence-corrected chi connectivity index (χ1v) is 8.60. The van der Waals surface area contributed by atoms with Crippen molar-refractivity contribution in [2.75, 3.05) is 0 Å². The summed E-state index contributed by atoms with van der Waals surface area (Å²) in [4.78, 5) is 34.6. The molecule has 8 heteroatoms. The van der Waals surface area contributed by atoms with E-state index in [2.05, 4.69) is 0 Å². The number of carbonyl (C=O) groups is 3. The Morgan fingerprint density at radius 1 is 0.852 bits per heavy atom. The number of rotatable bonds is 6. The standard InChI is InChI=1S/C19H24O8/c1-11-16(25-12(2)20)17(26-13(3)21)18(27-14(4)22)19(24-11)23-10-15-8-6-5-7-9-15/h5-9,11,16-19H,10H2,1-4H3/t11-,16-,17+,18+,19+/m0/s1. The SMILES string of the molecule is CC(=O)O[C@@H]1[C@@H](OC(C)=O)[C@H](C)O[C@@H](OCc2ccccc2)[C@@H]1OC(C)=O. The van der Waals surface area contributed by atoms with E-state index in [1.54, 1.807) is 6.92 Å². The minimum atomic E-state index is -1.09. The lowest BCUT2D eigenvalue weighted by Gasteiger charge is -2.43. The number of carbonyl (C=O) groups excluding carboxylic acids is 3. The van der Waals surface area contributed by atoms with Crippen molar-refractivity contribution in [1.29, 1.82) is 0 Å². The Morgan fingerprint density at radius 3 is 1.93 bits per heavy atom. The molecule has 8 nitrogen and oxygen atoms in total. The monoisotopic (exact) mass is 380 g/mol. The van der Waals surface area contributed by atoms with Gasteiger partial charge in [-0.1, -0.05) is 30.3 Å². The quantitative estimate of drug-likeness (QED) is 0.544. The highest BCUT2D eigenvalue weighted by molar-refractivity contribution is 5.68. The molecule has 148 valence electrons. The topological polar surface area (TPSA) is 97.4 Å². The van der Waals surface area contributed by atoms with Crippen LogP contribution in [0.5, 0.6) is 0 Å². The predicted octanol–water partition coefficient (Wildman–Crippen LogP) is 1.74. The molecule has 1 fully saturated rings. The molecule has 0 unspecified atom stereocenters. The van der Waals surface area contributed by atoms with Gasteiger partial charge in [-0.15, -0.1) is 0 Å². The van der Waals surface area contributed by atoms with E-state index in [1.807, 2.05) is 30.3 Å². The van der Waals surface area contributed by atoms with Gasteiger partial charge < -0.3 is 23.7 Å². The smallest absolute Gasteiger partial charge is 0.303 e. The van der Waals surface area contributed by atoms with Crippen molar-refractivity contribution in [2.24, 2.45) is 0 Å². The zero-order valence-electron chi connectivity index (χ0n) is 15.7. The zero-order valence-corrected chi connectivity index (χ0v) is 15.7. The van der Waals surface area contributed by atoms with E-state index < -0.39 is 48.6 Å². The van der Waals surface area contributed by atoms with Gasteiger partial charge in [0.25, 0.3) is 0 Å². The van der Waals surface area contributed by atoms with Crippen LogP contribution >= 0.6 is 0 Å². The van der Waals surface area contributed by atoms with Gasteiger partial charge in [0.2, 0.25) is 0 Å². The maximum Gasteiger partial charge on any atom is 0.303 e. The van der Waals surface area contributed by atoms with Crippen LogP contribution in [0.4, 0.5) is 0 Å². The molecule has 5 atom stereocenters. The Labute approximate surface area is 157 Å². The van der Waals surface area contributed by atoms with E-state index in [9.17, 15) is 14.4 Å². The Balaban J connectivity index is 2.24. The lowest BCUT2D eigenvalue weighted by atomic mass is 9.99. The average Bonchev–Trinajstić information content (AvgIpc) is 2.59. The highest BCUT2D eigenvalue weighted by Crippen LogP contribution is 2.29. The van der Waals surface area contributed by atoms with Crippen LogP contribution in [0.25, 0.3) is 0 Å². The Morgan fingerprint density at radius 2 is 1.37 bits per heavy atom. The van der Waals surface area contributed by atoms with Crippen LogP contribution in [-0.4, -0.2) is 48.6 Å². The molecular formula is C19H24O8. The van der Waals surface area contributed by atoms with Crippen LogP contribution in [0.15, 0.2) is 30.3 Å². The average molecular weight is 380 g/mol. The van der Waals surface area contributed by atoms with Gasteiger partial charge in [0.15, 0.2) is 24.6 Å². The summed E-state index contributed by atoms with van der Waals surface area (Å²) in [6, 6.07) is 9.36. The molecule has 0 N–H and O–H groups in total. The number of hydrogen-bond acceptors (Lipinski definition) is 8. The third-order valence-corrected chi connectivity index (χ3v) is 3.89. The first kappa shape index (κ1) is 20.9. The summed E-state index contributed by atoms with van der Waals surface area (Å²) in [7, 11) is 0. The molecule has 27 heavy (non-hydrogen) atoms. The summed E-state index contributed by atoms with van der Waals surface area (Å²) in [5.74, 6) is -1.78. The number of esters is 3. The van der Waals surface area contributed by atoms with Gasteiger partial charge in [-0.2, -0.15) is 0 Å². The maximum atomic E-state index is 11.6. The lowest BCUT2D eigenvalue weighted by Crippen LogP contribution is -2.61. The minimum Gasteiger partial charge on any atom is -0.456 e. The van der Waals surface area contributed by atoms with Crippen molar-refractivity contribution < 1.29 is 38.1 Å². The van der Waals surface area contributed by atoms with Gasteiger partial charge in [-0.3, -0.25) is 14.4 Å². The van der Waals surface area contributed by atoms with Crippen LogP contribution in [-0.2, 0) is 44.7 Å². The molecule has 0 spiro atoms. The number of ether oxygens (including phenoxy) is 5. The first-order valence-electron chi connectivity index (χ1n) is 8.60. The molecule has 1 aromatic rings. The normalized spacial score (nSPS) is 27.5. The summed E-state index contributed by atoms with van der Waals surface area (Å²) in [5, 5.41) is 0. The maximum absolute atomic E-state index is 11.6. The zero-order chi connectivity index (χ0) is 20.0. The van der Waals surface area contributed by atoms with Crippen LogP contribution in [0.1, 0.15) is 33.3 Å². The largest absolute Gasteiger partial charge is 0.456 e. The molecule has 0 radical (unpaired) electrons. The van der Waals surface area contributed by atoms with E-state index >= 15 is 0 Å². The fraction of sp³-hybridized carbons (Fsp3) is 0.526. The highest BCUT2D eigenvalue weighted by atomic mass is 16.7. The van der Waals surface area contributed by atoms with Crippen LogP contribution in [0.3, 0.4) is 0 Å². The summed E-state index contributed by atoms with van der Waals surface area (Å²) >= 11 is 0. The van der Waals surface area contributed by atoms with E-state index in [0.29, 0.717) is 0 Å². The van der Waals surface area contributed by atoms with Crippen molar-refractivity contribution in [2.45, 2.75) is 65.0 Å². The second kappa shape index (κ2) is 9.48. The second-order valence-corrected chi connectivity index (χ2v) is 6.23. The van der Waals surface area contributed by atoms with E-state index in [0.717, 1.165) is 5.56 Å². The molecule has 1 saturated heterocycles. The van der Waals surface area contributed by atoms with Crippen LogP contribution < -0.4 is 0 Å². The predicted molar refractivity (Wildman–Crippen MR) is 92.2 cm³/mol. The van der Waals surface area contributed by atoms with E-state index in [-0.39, 0.29) is 6.61 Å². The molecule has 0 amide bonds. The minimum absolute atomic E-state index is 0.195. The van der Waals surface area contributed by atoms with Crippen molar-refractivity contribution >= 4 is 17.9 Å². The molecular weight excluding hydrogens is 356 g/mol. The fourth-order valence-corrected chi connectivity index (χ4v) is 2.86. The molecule has 2 rings (SSSR count). The van der Waals surface area contributed by atoms with Gasteiger partial charge in [0.1, 0.15) is 0 Å². The van der Waals surface area contributed by atoms with Gasteiger partial charge in [0.05, 0.1) is 12.7 Å². The lowest BCUT2D eigenvalue weighted by molar-refractivity contribution is -0.303. The van der Waals surface area contributed by atoms with E-state index in [1.165, 1.54) is 20.8 Å². The Kier molecular flexibility index (Phi) is 7.32. The van der Waals surface area contributed by atoms with Gasteiger partial charge >= 0.3 is 17.9 Å². The van der Waals surface area contributed by atoms with Crippen LogP contribution in [0.2, 0.25) is 0 Å². The third-order valence-electron chi connectivity index (χ3n) is 3.89. The Bertz CT molecular complexity index is 659. The summed E-state index contributed by atoms with van der Waals surface area (Å²) in [5.41, 5.74) is 0.890. The van der Waals surface area contributed by atoms with Gasteiger partial charge in [-0.05, 0) is 12.5 Å². The Hall–Kier alpha value is -2.45. The van der Waals surface area contributed by atoms with Crippen LogP contribution in [0, 0.1) is 0 Å². The summed E-state index contributed by atoms with van der Waals surface area (Å²) in [6.07, 6.45) is -4.73. The van der Waals surface area contributed by atoms with Gasteiger partial charge in [-0.25, -0.2) is 0 Å². The molecule has 0 bridgehead atoms. The van der Waals surface area contributed by atoms with Crippen molar-refractivity contribution in [1.82, 2.24) is 0 Å². The highest BCUT2D eigenvalue weighted by Gasteiger charge is 2.50. The third kappa shape index (κ3) is 6.04. The first-order chi connectivity index (χ1) is 12.8. The number of hydrogen-bond donors (Lipinski definition) is 0. The molecule has 0 saturated carbocycles. The summed E-state index contributed by atoms with van der Waals surface area (Å²) < 4.78 is 27.4. The van der Waals surface area contributed by atoms with Crippen molar-refractivity contribution in [3.05, 3.63) is 35.9 Å². The molecule has 1 aromatic carbocycles. The van der Waals surface area contributed by atoms with E-state index in [4.69, 9.17) is 23.7 Å². The molecule has 1 aliphatic rings.